The lowest BCUT2D eigenvalue weighted by Gasteiger charge is -2.12. The molecule has 0 saturated carbocycles. The maximum Gasteiger partial charge on any atom is 0.0857 e. The van der Waals surface area contributed by atoms with Crippen molar-refractivity contribution in [2.75, 3.05) is 0 Å². The molecule has 1 atom stereocenters. The highest BCUT2D eigenvalue weighted by atomic mass is 79.9. The number of aromatic nitrogens is 2. The van der Waals surface area contributed by atoms with Crippen molar-refractivity contribution in [3.63, 3.8) is 0 Å². The monoisotopic (exact) mass is 322 g/mol. The number of aryl methyl sites for hydroxylation is 1. The Bertz CT molecular complexity index is 563. The summed E-state index contributed by atoms with van der Waals surface area (Å²) < 4.78 is 2.86. The van der Waals surface area contributed by atoms with Crippen molar-refractivity contribution in [1.82, 2.24) is 9.78 Å². The minimum atomic E-state index is -0.537. The molecule has 4 heteroatoms. The zero-order valence-electron chi connectivity index (χ0n) is 11.5. The number of hydrogen-bond donors (Lipinski definition) is 1. The van der Waals surface area contributed by atoms with Crippen molar-refractivity contribution < 1.29 is 5.11 Å². The van der Waals surface area contributed by atoms with Gasteiger partial charge in [-0.2, -0.15) is 5.10 Å². The van der Waals surface area contributed by atoms with E-state index in [1.807, 2.05) is 42.1 Å². The van der Waals surface area contributed by atoms with Crippen LogP contribution in [0.5, 0.6) is 0 Å². The number of halogens is 1. The van der Waals surface area contributed by atoms with E-state index in [1.165, 1.54) is 5.56 Å². The van der Waals surface area contributed by atoms with Crippen LogP contribution in [0, 0.1) is 6.92 Å². The highest BCUT2D eigenvalue weighted by Gasteiger charge is 2.14. The molecular weight excluding hydrogens is 304 g/mol. The first-order valence-electron chi connectivity index (χ1n) is 6.45. The Morgan fingerprint density at radius 2 is 2.05 bits per heavy atom. The summed E-state index contributed by atoms with van der Waals surface area (Å²) in [6.45, 7) is 6.21. The molecule has 0 aliphatic rings. The Morgan fingerprint density at radius 1 is 1.32 bits per heavy atom. The minimum absolute atomic E-state index is 0.344. The Balaban J connectivity index is 2.13. The molecule has 0 spiro atoms. The zero-order valence-corrected chi connectivity index (χ0v) is 13.1. The van der Waals surface area contributed by atoms with Gasteiger partial charge < -0.3 is 5.11 Å². The van der Waals surface area contributed by atoms with Crippen LogP contribution in [0.1, 0.15) is 42.8 Å². The van der Waals surface area contributed by atoms with Crippen LogP contribution in [0.25, 0.3) is 0 Å². The fourth-order valence-electron chi connectivity index (χ4n) is 1.98. The molecule has 1 aromatic heterocycles. The van der Waals surface area contributed by atoms with Gasteiger partial charge in [0.25, 0.3) is 0 Å². The second-order valence-electron chi connectivity index (χ2n) is 5.13. The first-order valence-corrected chi connectivity index (χ1v) is 7.25. The molecule has 0 aliphatic heterocycles. The summed E-state index contributed by atoms with van der Waals surface area (Å²) in [4.78, 5) is 0. The van der Waals surface area contributed by atoms with Crippen molar-refractivity contribution in [2.24, 2.45) is 0 Å². The fraction of sp³-hybridized carbons (Fsp3) is 0.400. The number of aliphatic hydroxyl groups is 1. The van der Waals surface area contributed by atoms with Gasteiger partial charge >= 0.3 is 0 Å². The molecule has 0 aliphatic carbocycles. The van der Waals surface area contributed by atoms with Gasteiger partial charge in [-0.15, -0.1) is 0 Å². The molecule has 1 unspecified atom stereocenters. The van der Waals surface area contributed by atoms with E-state index in [-0.39, 0.29) is 0 Å². The average molecular weight is 323 g/mol. The first-order chi connectivity index (χ1) is 8.97. The second kappa shape index (κ2) is 5.88. The summed E-state index contributed by atoms with van der Waals surface area (Å²) in [5.41, 5.74) is 2.99. The number of aliphatic hydroxyl groups excluding tert-OH is 1. The average Bonchev–Trinajstić information content (AvgIpc) is 2.77. The number of nitrogens with zero attached hydrogens (tertiary/aromatic N) is 2. The predicted octanol–water partition coefficient (Wildman–Crippen LogP) is 3.81. The molecule has 0 bridgehead atoms. The van der Waals surface area contributed by atoms with E-state index in [4.69, 9.17) is 0 Å². The van der Waals surface area contributed by atoms with Crippen LogP contribution in [0.3, 0.4) is 0 Å². The van der Waals surface area contributed by atoms with Gasteiger partial charge in [-0.1, -0.05) is 28.1 Å². The van der Waals surface area contributed by atoms with Crippen molar-refractivity contribution >= 4 is 15.9 Å². The Labute approximate surface area is 122 Å². The molecule has 0 saturated heterocycles. The van der Waals surface area contributed by atoms with Gasteiger partial charge in [0.2, 0.25) is 0 Å². The largest absolute Gasteiger partial charge is 0.388 e. The van der Waals surface area contributed by atoms with E-state index in [1.54, 1.807) is 0 Å². The van der Waals surface area contributed by atoms with Crippen molar-refractivity contribution in [3.8, 4) is 0 Å². The van der Waals surface area contributed by atoms with Gasteiger partial charge in [-0.05, 0) is 44.0 Å². The van der Waals surface area contributed by atoms with E-state index >= 15 is 0 Å². The van der Waals surface area contributed by atoms with Crippen LogP contribution in [0.4, 0.5) is 0 Å². The molecule has 2 rings (SSSR count). The SMILES string of the molecule is Cc1ccc(C(O)Cc2ccn(C(C)C)n2)c(Br)c1. The Kier molecular flexibility index (Phi) is 4.42. The van der Waals surface area contributed by atoms with Crippen LogP contribution < -0.4 is 0 Å². The standard InChI is InChI=1S/C15H19BrN2O/c1-10(2)18-7-6-12(17-18)9-15(19)13-5-4-11(3)8-14(13)16/h4-8,10,15,19H,9H2,1-3H3. The molecular formula is C15H19BrN2O. The first kappa shape index (κ1) is 14.3. The highest BCUT2D eigenvalue weighted by molar-refractivity contribution is 9.10. The van der Waals surface area contributed by atoms with E-state index < -0.39 is 6.10 Å². The molecule has 19 heavy (non-hydrogen) atoms. The smallest absolute Gasteiger partial charge is 0.0857 e. The van der Waals surface area contributed by atoms with Gasteiger partial charge in [-0.3, -0.25) is 4.68 Å². The van der Waals surface area contributed by atoms with E-state index in [0.717, 1.165) is 15.7 Å². The molecule has 0 fully saturated rings. The molecule has 0 amide bonds. The lowest BCUT2D eigenvalue weighted by atomic mass is 10.0. The number of rotatable bonds is 4. The predicted molar refractivity (Wildman–Crippen MR) is 80.2 cm³/mol. The van der Waals surface area contributed by atoms with Gasteiger partial charge in [-0.25, -0.2) is 0 Å². The molecule has 1 aromatic carbocycles. The van der Waals surface area contributed by atoms with Gasteiger partial charge in [0.1, 0.15) is 0 Å². The minimum Gasteiger partial charge on any atom is -0.388 e. The van der Waals surface area contributed by atoms with Crippen molar-refractivity contribution in [3.05, 3.63) is 51.8 Å². The van der Waals surface area contributed by atoms with Crippen LogP contribution >= 0.6 is 15.9 Å². The van der Waals surface area contributed by atoms with Crippen LogP contribution in [-0.4, -0.2) is 14.9 Å². The van der Waals surface area contributed by atoms with Crippen molar-refractivity contribution in [1.29, 1.82) is 0 Å². The summed E-state index contributed by atoms with van der Waals surface area (Å²) in [7, 11) is 0. The molecule has 2 aromatic rings. The van der Waals surface area contributed by atoms with Crippen LogP contribution in [0.15, 0.2) is 34.9 Å². The van der Waals surface area contributed by atoms with Gasteiger partial charge in [0.05, 0.1) is 11.8 Å². The maximum atomic E-state index is 10.3. The molecule has 3 nitrogen and oxygen atoms in total. The van der Waals surface area contributed by atoms with Gasteiger partial charge in [0.15, 0.2) is 0 Å². The second-order valence-corrected chi connectivity index (χ2v) is 5.98. The van der Waals surface area contributed by atoms with E-state index in [9.17, 15) is 5.11 Å². The number of hydrogen-bond acceptors (Lipinski definition) is 2. The summed E-state index contributed by atoms with van der Waals surface area (Å²) in [5.74, 6) is 0. The van der Waals surface area contributed by atoms with E-state index in [2.05, 4.69) is 34.9 Å². The highest BCUT2D eigenvalue weighted by Crippen LogP contribution is 2.26. The van der Waals surface area contributed by atoms with E-state index in [0.29, 0.717) is 12.5 Å². The summed E-state index contributed by atoms with van der Waals surface area (Å²) in [6.07, 6.45) is 1.95. The lowest BCUT2D eigenvalue weighted by Crippen LogP contribution is -2.06. The third-order valence-electron chi connectivity index (χ3n) is 3.11. The third kappa shape index (κ3) is 3.45. The van der Waals surface area contributed by atoms with Crippen LogP contribution in [0.2, 0.25) is 0 Å². The summed E-state index contributed by atoms with van der Waals surface area (Å²) in [6, 6.07) is 8.30. The topological polar surface area (TPSA) is 38.0 Å². The Hall–Kier alpha value is -1.13. The molecule has 1 heterocycles. The number of benzene rings is 1. The molecule has 102 valence electrons. The normalized spacial score (nSPS) is 12.9. The zero-order chi connectivity index (χ0) is 14.0. The van der Waals surface area contributed by atoms with Crippen LogP contribution in [-0.2, 0) is 6.42 Å². The quantitative estimate of drug-likeness (QED) is 0.929. The summed E-state index contributed by atoms with van der Waals surface area (Å²) >= 11 is 3.50. The van der Waals surface area contributed by atoms with Gasteiger partial charge in [0, 0.05) is 23.1 Å². The fourth-order valence-corrected chi connectivity index (χ4v) is 2.74. The summed E-state index contributed by atoms with van der Waals surface area (Å²) in [5, 5.41) is 14.8. The molecule has 0 radical (unpaired) electrons. The lowest BCUT2D eigenvalue weighted by molar-refractivity contribution is 0.176. The van der Waals surface area contributed by atoms with Crippen molar-refractivity contribution in [2.45, 2.75) is 39.3 Å². The molecule has 1 N–H and O–H groups in total. The Morgan fingerprint density at radius 3 is 2.63 bits per heavy atom. The third-order valence-corrected chi connectivity index (χ3v) is 3.80. The maximum absolute atomic E-state index is 10.3.